The van der Waals surface area contributed by atoms with Crippen LogP contribution in [-0.2, 0) is 6.54 Å². The van der Waals surface area contributed by atoms with Gasteiger partial charge in [0.1, 0.15) is 0 Å². The van der Waals surface area contributed by atoms with Gasteiger partial charge in [0.15, 0.2) is 11.5 Å². The molecule has 0 aromatic heterocycles. The fraction of sp³-hybridized carbons (Fsp3) is 0.333. The van der Waals surface area contributed by atoms with Gasteiger partial charge >= 0.3 is 6.61 Å². The number of nitrogens with one attached hydrogen (secondary N) is 1. The fourth-order valence-electron chi connectivity index (χ4n) is 2.90. The van der Waals surface area contributed by atoms with Crippen molar-refractivity contribution in [2.24, 2.45) is 0 Å². The Bertz CT molecular complexity index is 694. The maximum atomic E-state index is 12.4. The number of benzene rings is 2. The number of ether oxygens (including phenoxy) is 2. The van der Waals surface area contributed by atoms with Gasteiger partial charge in [0.25, 0.3) is 0 Å². The SMILES string of the molecule is COc1cc(CN2CCCNc3ccccc32)ccc1OC(F)F. The Morgan fingerprint density at radius 3 is 2.79 bits per heavy atom. The Labute approximate surface area is 140 Å². The molecule has 1 aliphatic heterocycles. The Hall–Kier alpha value is -2.50. The van der Waals surface area contributed by atoms with Crippen LogP contribution in [0.25, 0.3) is 0 Å². The van der Waals surface area contributed by atoms with Crippen molar-refractivity contribution in [3.05, 3.63) is 48.0 Å². The van der Waals surface area contributed by atoms with E-state index in [9.17, 15) is 8.78 Å². The van der Waals surface area contributed by atoms with Crippen LogP contribution in [0.5, 0.6) is 11.5 Å². The van der Waals surface area contributed by atoms with E-state index in [2.05, 4.69) is 27.1 Å². The molecule has 0 unspecified atom stereocenters. The maximum absolute atomic E-state index is 12.4. The van der Waals surface area contributed by atoms with Gasteiger partial charge in [-0.15, -0.1) is 0 Å². The van der Waals surface area contributed by atoms with E-state index in [1.54, 1.807) is 12.1 Å². The number of hydrogen-bond acceptors (Lipinski definition) is 4. The predicted octanol–water partition coefficient (Wildman–Crippen LogP) is 4.12. The normalized spacial score (nSPS) is 13.9. The standard InChI is InChI=1S/C18H20F2N2O2/c1-23-17-11-13(7-8-16(17)24-18(19)20)12-22-10-4-9-21-14-5-2-3-6-15(14)22/h2-3,5-8,11,18,21H,4,9-10,12H2,1H3. The summed E-state index contributed by atoms with van der Waals surface area (Å²) in [5, 5.41) is 3.42. The van der Waals surface area contributed by atoms with Crippen molar-refractivity contribution in [2.75, 3.05) is 30.4 Å². The third-order valence-corrected chi connectivity index (χ3v) is 3.98. The molecule has 0 saturated carbocycles. The molecule has 1 N–H and O–H groups in total. The van der Waals surface area contributed by atoms with Crippen LogP contribution in [0.4, 0.5) is 20.2 Å². The van der Waals surface area contributed by atoms with E-state index in [4.69, 9.17) is 4.74 Å². The molecule has 2 aromatic rings. The number of alkyl halides is 2. The summed E-state index contributed by atoms with van der Waals surface area (Å²) in [6.07, 6.45) is 1.03. The number of rotatable bonds is 5. The first-order chi connectivity index (χ1) is 11.7. The number of fused-ring (bicyclic) bond motifs is 1. The van der Waals surface area contributed by atoms with Crippen molar-refractivity contribution < 1.29 is 18.3 Å². The van der Waals surface area contributed by atoms with Gasteiger partial charge in [-0.05, 0) is 36.2 Å². The van der Waals surface area contributed by atoms with Crippen LogP contribution in [-0.4, -0.2) is 26.8 Å². The molecular weight excluding hydrogens is 314 g/mol. The summed E-state index contributed by atoms with van der Waals surface area (Å²) in [7, 11) is 1.45. The van der Waals surface area contributed by atoms with Crippen molar-refractivity contribution in [2.45, 2.75) is 19.6 Å². The first kappa shape index (κ1) is 16.4. The zero-order chi connectivity index (χ0) is 16.9. The highest BCUT2D eigenvalue weighted by Gasteiger charge is 2.16. The van der Waals surface area contributed by atoms with Gasteiger partial charge in [-0.3, -0.25) is 0 Å². The van der Waals surface area contributed by atoms with Crippen molar-refractivity contribution in [1.82, 2.24) is 0 Å². The van der Waals surface area contributed by atoms with E-state index in [0.29, 0.717) is 12.3 Å². The second-order valence-corrected chi connectivity index (χ2v) is 5.58. The molecule has 2 aromatic carbocycles. The highest BCUT2D eigenvalue weighted by molar-refractivity contribution is 5.70. The minimum Gasteiger partial charge on any atom is -0.493 e. The molecule has 24 heavy (non-hydrogen) atoms. The van der Waals surface area contributed by atoms with Crippen LogP contribution in [0.1, 0.15) is 12.0 Å². The topological polar surface area (TPSA) is 33.7 Å². The molecule has 0 radical (unpaired) electrons. The summed E-state index contributed by atoms with van der Waals surface area (Å²) in [5.74, 6) is 0.364. The van der Waals surface area contributed by atoms with E-state index in [-0.39, 0.29) is 5.75 Å². The third-order valence-electron chi connectivity index (χ3n) is 3.98. The lowest BCUT2D eigenvalue weighted by molar-refractivity contribution is -0.0512. The van der Waals surface area contributed by atoms with Gasteiger partial charge in [0, 0.05) is 19.6 Å². The van der Waals surface area contributed by atoms with Gasteiger partial charge in [-0.2, -0.15) is 8.78 Å². The van der Waals surface area contributed by atoms with Gasteiger partial charge in [0.2, 0.25) is 0 Å². The molecule has 0 aliphatic carbocycles. The average molecular weight is 334 g/mol. The molecule has 128 valence electrons. The summed E-state index contributed by atoms with van der Waals surface area (Å²) in [5.41, 5.74) is 3.23. The summed E-state index contributed by atoms with van der Waals surface area (Å²) in [4.78, 5) is 2.28. The van der Waals surface area contributed by atoms with E-state index in [0.717, 1.165) is 36.4 Å². The summed E-state index contributed by atoms with van der Waals surface area (Å²) >= 11 is 0. The average Bonchev–Trinajstić information content (AvgIpc) is 2.78. The van der Waals surface area contributed by atoms with E-state index < -0.39 is 6.61 Å². The van der Waals surface area contributed by atoms with Gasteiger partial charge in [-0.1, -0.05) is 18.2 Å². The quantitative estimate of drug-likeness (QED) is 0.892. The second-order valence-electron chi connectivity index (χ2n) is 5.58. The second kappa shape index (κ2) is 7.38. The third kappa shape index (κ3) is 3.69. The summed E-state index contributed by atoms with van der Waals surface area (Å²) in [6.45, 7) is -0.350. The summed E-state index contributed by atoms with van der Waals surface area (Å²) in [6, 6.07) is 13.2. The van der Waals surface area contributed by atoms with Crippen molar-refractivity contribution in [3.8, 4) is 11.5 Å². The molecule has 4 nitrogen and oxygen atoms in total. The van der Waals surface area contributed by atoms with Crippen LogP contribution in [0.3, 0.4) is 0 Å². The van der Waals surface area contributed by atoms with Crippen LogP contribution >= 0.6 is 0 Å². The monoisotopic (exact) mass is 334 g/mol. The largest absolute Gasteiger partial charge is 0.493 e. The fourth-order valence-corrected chi connectivity index (χ4v) is 2.90. The molecule has 0 amide bonds. The lowest BCUT2D eigenvalue weighted by Gasteiger charge is -2.25. The first-order valence-corrected chi connectivity index (χ1v) is 7.87. The molecule has 0 atom stereocenters. The molecule has 1 aliphatic rings. The number of halogens is 2. The van der Waals surface area contributed by atoms with Crippen molar-refractivity contribution in [3.63, 3.8) is 0 Å². The first-order valence-electron chi connectivity index (χ1n) is 7.87. The molecule has 0 fully saturated rings. The zero-order valence-corrected chi connectivity index (χ0v) is 13.5. The number of anilines is 2. The van der Waals surface area contributed by atoms with Crippen LogP contribution in [0.2, 0.25) is 0 Å². The van der Waals surface area contributed by atoms with E-state index in [1.807, 2.05) is 12.1 Å². The summed E-state index contributed by atoms with van der Waals surface area (Å²) < 4.78 is 34.5. The number of nitrogens with zero attached hydrogens (tertiary/aromatic N) is 1. The van der Waals surface area contributed by atoms with Crippen molar-refractivity contribution in [1.29, 1.82) is 0 Å². The van der Waals surface area contributed by atoms with Gasteiger partial charge < -0.3 is 19.7 Å². The van der Waals surface area contributed by atoms with Crippen LogP contribution in [0.15, 0.2) is 42.5 Å². The van der Waals surface area contributed by atoms with Crippen LogP contribution in [0, 0.1) is 0 Å². The number of methoxy groups -OCH3 is 1. The Morgan fingerprint density at radius 2 is 2.00 bits per heavy atom. The maximum Gasteiger partial charge on any atom is 0.387 e. The highest BCUT2D eigenvalue weighted by atomic mass is 19.3. The zero-order valence-electron chi connectivity index (χ0n) is 13.5. The van der Waals surface area contributed by atoms with Crippen LogP contribution < -0.4 is 19.7 Å². The predicted molar refractivity (Wildman–Crippen MR) is 90.2 cm³/mol. The smallest absolute Gasteiger partial charge is 0.387 e. The molecular formula is C18H20F2N2O2. The minimum absolute atomic E-state index is 0.0502. The lowest BCUT2D eigenvalue weighted by Crippen LogP contribution is -2.23. The Morgan fingerprint density at radius 1 is 1.17 bits per heavy atom. The Kier molecular flexibility index (Phi) is 5.03. The Balaban J connectivity index is 1.83. The van der Waals surface area contributed by atoms with E-state index in [1.165, 1.54) is 13.2 Å². The minimum atomic E-state index is -2.87. The number of hydrogen-bond donors (Lipinski definition) is 1. The van der Waals surface area contributed by atoms with Crippen molar-refractivity contribution >= 4 is 11.4 Å². The molecule has 0 spiro atoms. The molecule has 0 bridgehead atoms. The van der Waals surface area contributed by atoms with Gasteiger partial charge in [-0.25, -0.2) is 0 Å². The molecule has 0 saturated heterocycles. The lowest BCUT2D eigenvalue weighted by atomic mass is 10.1. The highest BCUT2D eigenvalue weighted by Crippen LogP contribution is 2.32. The van der Waals surface area contributed by atoms with Gasteiger partial charge in [0.05, 0.1) is 18.5 Å². The molecule has 1 heterocycles. The van der Waals surface area contributed by atoms with E-state index >= 15 is 0 Å². The molecule has 6 heteroatoms. The molecule has 3 rings (SSSR count). The number of para-hydroxylation sites is 2.